The first kappa shape index (κ1) is 12.0. The molecule has 5 heteroatoms. The number of carbonyl (C=O) groups excluding carboxylic acids is 1. The van der Waals surface area contributed by atoms with Crippen LogP contribution in [0.4, 0.5) is 10.1 Å². The van der Waals surface area contributed by atoms with Crippen molar-refractivity contribution in [3.63, 3.8) is 0 Å². The van der Waals surface area contributed by atoms with Gasteiger partial charge in [0.25, 0.3) is 11.5 Å². The Morgan fingerprint density at radius 1 is 1.11 bits per heavy atom. The van der Waals surface area contributed by atoms with E-state index in [-0.39, 0.29) is 17.0 Å². The predicted octanol–water partition coefficient (Wildman–Crippen LogP) is 3.42. The first-order chi connectivity index (χ1) is 9.09. The normalized spacial score (nSPS) is 13.9. The third-order valence-electron chi connectivity index (χ3n) is 2.97. The molecule has 3 nitrogen and oxygen atoms in total. The summed E-state index contributed by atoms with van der Waals surface area (Å²) in [6.07, 6.45) is 0. The average Bonchev–Trinajstić information content (AvgIpc) is 2.65. The van der Waals surface area contributed by atoms with Crippen LogP contribution in [0.15, 0.2) is 46.9 Å². The number of rotatable bonds is 1. The molecule has 3 rings (SSSR count). The lowest BCUT2D eigenvalue weighted by Crippen LogP contribution is -2.16. The van der Waals surface area contributed by atoms with Crippen molar-refractivity contribution >= 4 is 33.1 Å². The molecule has 0 N–H and O–H groups in total. The summed E-state index contributed by atoms with van der Waals surface area (Å²) in [5.74, 6) is -1.25. The highest BCUT2D eigenvalue weighted by Crippen LogP contribution is 2.30. The van der Waals surface area contributed by atoms with Crippen molar-refractivity contribution in [2.45, 2.75) is 0 Å². The Bertz CT molecular complexity index is 723. The van der Waals surface area contributed by atoms with Gasteiger partial charge in [-0.2, -0.15) is 4.74 Å². The second kappa shape index (κ2) is 4.28. The standard InChI is InChI=1S/C14H7BrFNO2/c15-9-6-4-8(5-7-9)13-14(18)12-10(16)2-1-3-11(12)17(13)19/h1-7H. The highest BCUT2D eigenvalue weighted by atomic mass is 79.9. The molecule has 0 aliphatic carbocycles. The number of carbonyl (C=O) groups is 1. The maximum atomic E-state index is 13.7. The van der Waals surface area contributed by atoms with Crippen LogP contribution >= 0.6 is 15.9 Å². The number of halogens is 2. The molecule has 0 spiro atoms. The van der Waals surface area contributed by atoms with E-state index in [1.54, 1.807) is 24.3 Å². The summed E-state index contributed by atoms with van der Waals surface area (Å²) in [7, 11) is 0. The monoisotopic (exact) mass is 319 g/mol. The maximum Gasteiger partial charge on any atom is 0.273 e. The van der Waals surface area contributed by atoms with Crippen LogP contribution < -0.4 is 0 Å². The van der Waals surface area contributed by atoms with Crippen molar-refractivity contribution in [2.24, 2.45) is 0 Å². The number of ketones is 1. The maximum absolute atomic E-state index is 13.7. The van der Waals surface area contributed by atoms with Gasteiger partial charge < -0.3 is 5.21 Å². The molecule has 0 amide bonds. The van der Waals surface area contributed by atoms with E-state index in [2.05, 4.69) is 15.9 Å². The van der Waals surface area contributed by atoms with E-state index in [1.807, 2.05) is 0 Å². The van der Waals surface area contributed by atoms with Gasteiger partial charge >= 0.3 is 0 Å². The fourth-order valence-corrected chi connectivity index (χ4v) is 2.36. The summed E-state index contributed by atoms with van der Waals surface area (Å²) in [5, 5.41) is 12.1. The Balaban J connectivity index is 2.20. The Kier molecular flexibility index (Phi) is 2.71. The van der Waals surface area contributed by atoms with Crippen molar-refractivity contribution in [1.82, 2.24) is 0 Å². The minimum Gasteiger partial charge on any atom is -0.618 e. The molecule has 0 bridgehead atoms. The molecule has 0 saturated heterocycles. The van der Waals surface area contributed by atoms with Crippen LogP contribution in [0.5, 0.6) is 0 Å². The molecule has 19 heavy (non-hydrogen) atoms. The van der Waals surface area contributed by atoms with E-state index < -0.39 is 11.6 Å². The highest BCUT2D eigenvalue weighted by molar-refractivity contribution is 9.10. The molecular formula is C14H7BrFNO2. The van der Waals surface area contributed by atoms with Gasteiger partial charge in [-0.3, -0.25) is 4.79 Å². The van der Waals surface area contributed by atoms with Gasteiger partial charge in [0.2, 0.25) is 5.69 Å². The van der Waals surface area contributed by atoms with Crippen LogP contribution in [0, 0.1) is 11.0 Å². The van der Waals surface area contributed by atoms with Crippen molar-refractivity contribution in [3.8, 4) is 0 Å². The van der Waals surface area contributed by atoms with Crippen molar-refractivity contribution < 1.29 is 13.9 Å². The average molecular weight is 320 g/mol. The molecule has 0 unspecified atom stereocenters. The molecule has 2 aromatic rings. The fourth-order valence-electron chi connectivity index (χ4n) is 2.09. The summed E-state index contributed by atoms with van der Waals surface area (Å²) in [6, 6.07) is 10.8. The summed E-state index contributed by atoms with van der Waals surface area (Å²) >= 11 is 3.28. The number of Topliss-reactive ketones (excluding diaryl/α,β-unsaturated/α-hetero) is 1. The molecule has 0 atom stereocenters. The van der Waals surface area contributed by atoms with E-state index in [9.17, 15) is 14.4 Å². The summed E-state index contributed by atoms with van der Waals surface area (Å²) < 4.78 is 15.0. The van der Waals surface area contributed by atoms with Gasteiger partial charge in [0.1, 0.15) is 11.4 Å². The largest absolute Gasteiger partial charge is 0.618 e. The SMILES string of the molecule is O=C1C(c2ccc(Br)cc2)=[N+]([O-])c2cccc(F)c21. The Morgan fingerprint density at radius 2 is 1.79 bits per heavy atom. The number of nitrogens with zero attached hydrogens (tertiary/aromatic N) is 1. The van der Waals surface area contributed by atoms with Crippen molar-refractivity contribution in [2.75, 3.05) is 0 Å². The lowest BCUT2D eigenvalue weighted by atomic mass is 10.0. The summed E-state index contributed by atoms with van der Waals surface area (Å²) in [4.78, 5) is 12.2. The minimum atomic E-state index is -0.671. The van der Waals surface area contributed by atoms with Crippen LogP contribution in [-0.4, -0.2) is 16.2 Å². The summed E-state index contributed by atoms with van der Waals surface area (Å²) in [6.45, 7) is 0. The number of fused-ring (bicyclic) bond motifs is 1. The molecule has 2 aromatic carbocycles. The smallest absolute Gasteiger partial charge is 0.273 e. The second-order valence-electron chi connectivity index (χ2n) is 4.11. The Hall–Kier alpha value is -2.01. The summed E-state index contributed by atoms with van der Waals surface area (Å²) in [5.41, 5.74) is 0.324. The van der Waals surface area contributed by atoms with Gasteiger partial charge in [-0.15, -0.1) is 0 Å². The zero-order chi connectivity index (χ0) is 13.6. The van der Waals surface area contributed by atoms with Gasteiger partial charge in [0.15, 0.2) is 0 Å². The van der Waals surface area contributed by atoms with Gasteiger partial charge in [-0.25, -0.2) is 4.39 Å². The predicted molar refractivity (Wildman–Crippen MR) is 72.3 cm³/mol. The van der Waals surface area contributed by atoms with E-state index in [1.165, 1.54) is 18.2 Å². The van der Waals surface area contributed by atoms with Crippen LogP contribution in [0.3, 0.4) is 0 Å². The van der Waals surface area contributed by atoms with E-state index >= 15 is 0 Å². The zero-order valence-electron chi connectivity index (χ0n) is 9.56. The number of hydrogen-bond donors (Lipinski definition) is 0. The van der Waals surface area contributed by atoms with Gasteiger partial charge in [0.05, 0.1) is 5.56 Å². The molecule has 0 fully saturated rings. The second-order valence-corrected chi connectivity index (χ2v) is 5.03. The van der Waals surface area contributed by atoms with Crippen molar-refractivity contribution in [3.05, 3.63) is 69.1 Å². The first-order valence-corrected chi connectivity index (χ1v) is 6.32. The first-order valence-electron chi connectivity index (χ1n) is 5.53. The third kappa shape index (κ3) is 1.77. The molecule has 0 radical (unpaired) electrons. The molecule has 1 aliphatic heterocycles. The van der Waals surface area contributed by atoms with Gasteiger partial charge in [0, 0.05) is 10.5 Å². The van der Waals surface area contributed by atoms with Crippen LogP contribution in [0.2, 0.25) is 0 Å². The molecule has 94 valence electrons. The highest BCUT2D eigenvalue weighted by Gasteiger charge is 2.38. The Labute approximate surface area is 116 Å². The number of benzene rings is 2. The topological polar surface area (TPSA) is 43.1 Å². The molecular weight excluding hydrogens is 313 g/mol. The van der Waals surface area contributed by atoms with Gasteiger partial charge in [-0.1, -0.05) is 22.0 Å². The fraction of sp³-hybridized carbons (Fsp3) is 0. The molecule has 1 heterocycles. The Morgan fingerprint density at radius 3 is 2.42 bits per heavy atom. The molecule has 1 aliphatic rings. The van der Waals surface area contributed by atoms with Crippen LogP contribution in [-0.2, 0) is 0 Å². The van der Waals surface area contributed by atoms with Crippen molar-refractivity contribution in [1.29, 1.82) is 0 Å². The zero-order valence-corrected chi connectivity index (χ0v) is 11.1. The van der Waals surface area contributed by atoms with Gasteiger partial charge in [-0.05, 0) is 30.3 Å². The van der Waals surface area contributed by atoms with E-state index in [0.29, 0.717) is 10.3 Å². The van der Waals surface area contributed by atoms with Crippen LogP contribution in [0.25, 0.3) is 0 Å². The lowest BCUT2D eigenvalue weighted by molar-refractivity contribution is -0.355. The van der Waals surface area contributed by atoms with E-state index in [4.69, 9.17) is 0 Å². The minimum absolute atomic E-state index is 0.0485. The van der Waals surface area contributed by atoms with E-state index in [0.717, 1.165) is 4.47 Å². The van der Waals surface area contributed by atoms with Crippen LogP contribution in [0.1, 0.15) is 15.9 Å². The lowest BCUT2D eigenvalue weighted by Gasteiger charge is -2.01. The quantitative estimate of drug-likeness (QED) is 0.597. The molecule has 0 aromatic heterocycles. The number of hydrogen-bond acceptors (Lipinski definition) is 2. The third-order valence-corrected chi connectivity index (χ3v) is 3.50. The molecule has 0 saturated carbocycles.